The molecule has 3 aromatic rings. The highest BCUT2D eigenvalue weighted by molar-refractivity contribution is 7.14. The molecule has 4 nitrogen and oxygen atoms in total. The van der Waals surface area contributed by atoms with Gasteiger partial charge in [0.05, 0.1) is 24.5 Å². The molecule has 0 saturated heterocycles. The molecule has 1 aliphatic heterocycles. The molecule has 0 atom stereocenters. The average molecular weight is 366 g/mol. The number of benzene rings is 1. The maximum absolute atomic E-state index is 5.57. The van der Waals surface area contributed by atoms with Gasteiger partial charge in [0.15, 0.2) is 0 Å². The Morgan fingerprint density at radius 2 is 2.04 bits per heavy atom. The molecular weight excluding hydrogens is 342 g/mol. The molecule has 5 heteroatoms. The van der Waals surface area contributed by atoms with Crippen LogP contribution < -0.4 is 14.5 Å². The molecule has 134 valence electrons. The largest absolute Gasteiger partial charge is 0.494 e. The highest BCUT2D eigenvalue weighted by Crippen LogP contribution is 2.41. The van der Waals surface area contributed by atoms with Gasteiger partial charge in [-0.05, 0) is 36.4 Å². The summed E-state index contributed by atoms with van der Waals surface area (Å²) in [4.78, 5) is 9.89. The second kappa shape index (κ2) is 6.47. The van der Waals surface area contributed by atoms with Crippen molar-refractivity contribution in [2.75, 3.05) is 23.6 Å². The van der Waals surface area contributed by atoms with E-state index in [2.05, 4.69) is 45.6 Å². The lowest BCUT2D eigenvalue weighted by Crippen LogP contribution is -2.47. The van der Waals surface area contributed by atoms with Crippen LogP contribution in [-0.2, 0) is 6.54 Å². The summed E-state index contributed by atoms with van der Waals surface area (Å²) in [7, 11) is 1.73. The minimum atomic E-state index is 0.619. The number of fused-ring (bicyclic) bond motifs is 3. The molecule has 1 aromatic carbocycles. The van der Waals surface area contributed by atoms with Crippen LogP contribution in [0.4, 0.5) is 10.7 Å². The van der Waals surface area contributed by atoms with Crippen LogP contribution in [0.15, 0.2) is 41.9 Å². The van der Waals surface area contributed by atoms with Crippen LogP contribution in [0.5, 0.6) is 5.75 Å². The molecule has 2 aliphatic rings. The predicted molar refractivity (Wildman–Crippen MR) is 108 cm³/mol. The first-order valence-corrected chi connectivity index (χ1v) is 10.2. The Morgan fingerprint density at radius 1 is 1.15 bits per heavy atom. The van der Waals surface area contributed by atoms with E-state index in [4.69, 9.17) is 9.72 Å². The number of hydrogen-bond donors (Lipinski definition) is 0. The summed E-state index contributed by atoms with van der Waals surface area (Å²) in [6.07, 6.45) is 7.29. The zero-order valence-electron chi connectivity index (χ0n) is 15.0. The monoisotopic (exact) mass is 365 g/mol. The van der Waals surface area contributed by atoms with Gasteiger partial charge in [0.1, 0.15) is 11.3 Å². The Balaban J connectivity index is 1.67. The molecule has 3 heterocycles. The lowest BCUT2D eigenvalue weighted by molar-refractivity contribution is 0.419. The van der Waals surface area contributed by atoms with Gasteiger partial charge in [-0.3, -0.25) is 4.98 Å². The Kier molecular flexibility index (Phi) is 3.97. The number of aromatic nitrogens is 1. The van der Waals surface area contributed by atoms with Crippen LogP contribution in [-0.4, -0.2) is 24.8 Å². The molecule has 1 fully saturated rings. The standard InChI is InChI=1S/C21H23N3OS/c1-25-18-9-4-8-17-20(18)22-12-15-13-23(19-10-5-11-26-19)14-24(21(15)17)16-6-2-3-7-16/h4-5,8-12,16H,2-3,6-7,13-14H2,1H3. The second-order valence-electron chi connectivity index (χ2n) is 7.19. The van der Waals surface area contributed by atoms with E-state index in [1.165, 1.54) is 47.3 Å². The van der Waals surface area contributed by atoms with Gasteiger partial charge in [-0.2, -0.15) is 0 Å². The number of thiophene rings is 1. The summed E-state index contributed by atoms with van der Waals surface area (Å²) in [5, 5.41) is 4.72. The van der Waals surface area contributed by atoms with Crippen LogP contribution in [0.2, 0.25) is 0 Å². The first kappa shape index (κ1) is 15.9. The van der Waals surface area contributed by atoms with E-state index in [0.717, 1.165) is 24.5 Å². The highest BCUT2D eigenvalue weighted by Gasteiger charge is 2.32. The predicted octanol–water partition coefficient (Wildman–Crippen LogP) is 5.03. The van der Waals surface area contributed by atoms with Crippen LogP contribution >= 0.6 is 11.3 Å². The van der Waals surface area contributed by atoms with Crippen LogP contribution in [0.1, 0.15) is 31.2 Å². The fourth-order valence-electron chi connectivity index (χ4n) is 4.46. The lowest BCUT2D eigenvalue weighted by atomic mass is 10.0. The minimum absolute atomic E-state index is 0.619. The molecule has 5 rings (SSSR count). The van der Waals surface area contributed by atoms with Crippen molar-refractivity contribution in [3.8, 4) is 5.75 Å². The Morgan fingerprint density at radius 3 is 2.81 bits per heavy atom. The van der Waals surface area contributed by atoms with Crippen LogP contribution in [0.25, 0.3) is 10.9 Å². The molecule has 0 radical (unpaired) electrons. The summed E-state index contributed by atoms with van der Waals surface area (Å²) >= 11 is 1.82. The number of nitrogens with zero attached hydrogens (tertiary/aromatic N) is 3. The molecule has 2 aromatic heterocycles. The van der Waals surface area contributed by atoms with Crippen LogP contribution in [0, 0.1) is 0 Å². The number of hydrogen-bond acceptors (Lipinski definition) is 5. The third-order valence-electron chi connectivity index (χ3n) is 5.68. The maximum atomic E-state index is 5.57. The number of pyridine rings is 1. The average Bonchev–Trinajstić information content (AvgIpc) is 3.40. The van der Waals surface area contributed by atoms with Gasteiger partial charge in [-0.15, -0.1) is 11.3 Å². The third-order valence-corrected chi connectivity index (χ3v) is 6.61. The van der Waals surface area contributed by atoms with E-state index in [0.29, 0.717) is 6.04 Å². The fourth-order valence-corrected chi connectivity index (χ4v) is 5.19. The van der Waals surface area contributed by atoms with Gasteiger partial charge >= 0.3 is 0 Å². The van der Waals surface area contributed by atoms with Crippen molar-refractivity contribution < 1.29 is 4.74 Å². The van der Waals surface area contributed by atoms with Crippen molar-refractivity contribution in [3.05, 3.63) is 47.5 Å². The SMILES string of the molecule is COc1cccc2c3c(cnc12)CN(c1cccs1)CN3C1CCCC1. The van der Waals surface area contributed by atoms with Crippen molar-refractivity contribution in [2.45, 2.75) is 38.3 Å². The summed E-state index contributed by atoms with van der Waals surface area (Å²) in [5.41, 5.74) is 3.66. The number of rotatable bonds is 3. The van der Waals surface area contributed by atoms with E-state index < -0.39 is 0 Å². The molecule has 0 spiro atoms. The van der Waals surface area contributed by atoms with Crippen molar-refractivity contribution in [1.29, 1.82) is 0 Å². The van der Waals surface area contributed by atoms with E-state index in [9.17, 15) is 0 Å². The molecular formula is C21H23N3OS. The van der Waals surface area contributed by atoms with Crippen molar-refractivity contribution in [3.63, 3.8) is 0 Å². The molecule has 1 saturated carbocycles. The van der Waals surface area contributed by atoms with Crippen molar-refractivity contribution >= 4 is 32.9 Å². The van der Waals surface area contributed by atoms with Gasteiger partial charge in [-0.1, -0.05) is 25.0 Å². The number of para-hydroxylation sites is 1. The number of methoxy groups -OCH3 is 1. The van der Waals surface area contributed by atoms with E-state index in [1.54, 1.807) is 7.11 Å². The summed E-state index contributed by atoms with van der Waals surface area (Å²) in [6, 6.07) is 11.3. The Bertz CT molecular complexity index is 918. The fraction of sp³-hybridized carbons (Fsp3) is 0.381. The Hall–Kier alpha value is -2.27. The molecule has 0 bridgehead atoms. The Labute approximate surface area is 158 Å². The van der Waals surface area contributed by atoms with Gasteiger partial charge in [0.2, 0.25) is 0 Å². The first-order valence-electron chi connectivity index (χ1n) is 9.35. The molecule has 0 amide bonds. The van der Waals surface area contributed by atoms with E-state index >= 15 is 0 Å². The van der Waals surface area contributed by atoms with Crippen molar-refractivity contribution in [1.82, 2.24) is 4.98 Å². The minimum Gasteiger partial charge on any atom is -0.494 e. The zero-order valence-corrected chi connectivity index (χ0v) is 15.8. The maximum Gasteiger partial charge on any atom is 0.145 e. The molecule has 1 aliphatic carbocycles. The first-order chi connectivity index (χ1) is 12.8. The smallest absolute Gasteiger partial charge is 0.145 e. The summed E-state index contributed by atoms with van der Waals surface area (Å²) < 4.78 is 5.57. The number of anilines is 2. The van der Waals surface area contributed by atoms with E-state index in [-0.39, 0.29) is 0 Å². The van der Waals surface area contributed by atoms with Gasteiger partial charge in [0, 0.05) is 29.7 Å². The van der Waals surface area contributed by atoms with Gasteiger partial charge in [-0.25, -0.2) is 0 Å². The van der Waals surface area contributed by atoms with Crippen LogP contribution in [0.3, 0.4) is 0 Å². The number of ether oxygens (including phenoxy) is 1. The van der Waals surface area contributed by atoms with E-state index in [1.807, 2.05) is 17.4 Å². The zero-order chi connectivity index (χ0) is 17.5. The highest BCUT2D eigenvalue weighted by atomic mass is 32.1. The summed E-state index contributed by atoms with van der Waals surface area (Å²) in [6.45, 7) is 1.87. The summed E-state index contributed by atoms with van der Waals surface area (Å²) in [5.74, 6) is 0.859. The quantitative estimate of drug-likeness (QED) is 0.651. The second-order valence-corrected chi connectivity index (χ2v) is 8.11. The molecule has 26 heavy (non-hydrogen) atoms. The molecule has 0 unspecified atom stereocenters. The van der Waals surface area contributed by atoms with Gasteiger partial charge in [0.25, 0.3) is 0 Å². The van der Waals surface area contributed by atoms with Gasteiger partial charge < -0.3 is 14.5 Å². The normalized spacial score (nSPS) is 17.7. The third kappa shape index (κ3) is 2.53. The molecule has 0 N–H and O–H groups in total. The topological polar surface area (TPSA) is 28.6 Å². The van der Waals surface area contributed by atoms with Crippen molar-refractivity contribution in [2.24, 2.45) is 0 Å². The lowest BCUT2D eigenvalue weighted by Gasteiger charge is -2.42.